The fourth-order valence-corrected chi connectivity index (χ4v) is 3.59. The summed E-state index contributed by atoms with van der Waals surface area (Å²) >= 11 is 0. The van der Waals surface area contributed by atoms with E-state index in [4.69, 9.17) is 14.2 Å². The third-order valence-electron chi connectivity index (χ3n) is 4.67. The molecule has 2 fully saturated rings. The van der Waals surface area contributed by atoms with Gasteiger partial charge in [-0.2, -0.15) is 0 Å². The molecule has 1 aromatic carbocycles. The van der Waals surface area contributed by atoms with Gasteiger partial charge in [-0.05, 0) is 37.1 Å². The molecule has 4 nitrogen and oxygen atoms in total. The van der Waals surface area contributed by atoms with Gasteiger partial charge in [-0.25, -0.2) is 0 Å². The zero-order valence-corrected chi connectivity index (χ0v) is 13.0. The van der Waals surface area contributed by atoms with Crippen LogP contribution in [0.2, 0.25) is 0 Å². The molecular weight excluding hydrogens is 266 g/mol. The van der Waals surface area contributed by atoms with E-state index < -0.39 is 0 Å². The van der Waals surface area contributed by atoms with Crippen LogP contribution in [0.1, 0.15) is 24.8 Å². The first-order valence-corrected chi connectivity index (χ1v) is 7.75. The maximum Gasteiger partial charge on any atom is 0.119 e. The molecule has 3 rings (SSSR count). The largest absolute Gasteiger partial charge is 0.497 e. The van der Waals surface area contributed by atoms with E-state index in [-0.39, 0.29) is 11.7 Å². The Labute approximate surface area is 127 Å². The summed E-state index contributed by atoms with van der Waals surface area (Å²) in [7, 11) is 3.50. The lowest BCUT2D eigenvalue weighted by Crippen LogP contribution is -2.47. The molecule has 2 aliphatic rings. The highest BCUT2D eigenvalue weighted by Crippen LogP contribution is 2.36. The minimum atomic E-state index is 0.0117. The average molecular weight is 291 g/mol. The fourth-order valence-electron chi connectivity index (χ4n) is 3.59. The van der Waals surface area contributed by atoms with Crippen molar-refractivity contribution in [2.45, 2.75) is 37.5 Å². The van der Waals surface area contributed by atoms with Gasteiger partial charge >= 0.3 is 0 Å². The first kappa shape index (κ1) is 14.8. The average Bonchev–Trinajstić information content (AvgIpc) is 2.90. The summed E-state index contributed by atoms with van der Waals surface area (Å²) in [5.74, 6) is 0.927. The van der Waals surface area contributed by atoms with Crippen molar-refractivity contribution in [3.8, 4) is 5.75 Å². The summed E-state index contributed by atoms with van der Waals surface area (Å²) in [4.78, 5) is 2.50. The minimum Gasteiger partial charge on any atom is -0.497 e. The molecule has 0 radical (unpaired) electrons. The Hall–Kier alpha value is -1.10. The Morgan fingerprint density at radius 2 is 2.29 bits per heavy atom. The molecule has 1 spiro atoms. The van der Waals surface area contributed by atoms with Crippen molar-refractivity contribution in [3.63, 3.8) is 0 Å². The summed E-state index contributed by atoms with van der Waals surface area (Å²) in [6.07, 6.45) is 3.64. The van der Waals surface area contributed by atoms with Gasteiger partial charge in [0.05, 0.1) is 25.4 Å². The molecule has 2 aliphatic heterocycles. The number of methoxy groups -OCH3 is 2. The first-order chi connectivity index (χ1) is 10.2. The Morgan fingerprint density at radius 3 is 3.05 bits per heavy atom. The Bertz CT molecular complexity index is 479. The maximum absolute atomic E-state index is 6.11. The number of ether oxygens (including phenoxy) is 3. The van der Waals surface area contributed by atoms with Crippen molar-refractivity contribution in [2.75, 3.05) is 33.9 Å². The van der Waals surface area contributed by atoms with Crippen molar-refractivity contribution >= 4 is 0 Å². The zero-order valence-electron chi connectivity index (χ0n) is 13.0. The number of nitrogens with zero attached hydrogens (tertiary/aromatic N) is 1. The molecule has 0 unspecified atom stereocenters. The highest BCUT2D eigenvalue weighted by atomic mass is 16.6. The predicted octanol–water partition coefficient (Wildman–Crippen LogP) is 2.47. The lowest BCUT2D eigenvalue weighted by molar-refractivity contribution is -0.0542. The number of hydrogen-bond acceptors (Lipinski definition) is 4. The molecule has 2 saturated heterocycles. The second kappa shape index (κ2) is 6.34. The smallest absolute Gasteiger partial charge is 0.119 e. The predicted molar refractivity (Wildman–Crippen MR) is 81.6 cm³/mol. The first-order valence-electron chi connectivity index (χ1n) is 7.75. The Balaban J connectivity index is 1.63. The normalized spacial score (nSPS) is 29.9. The topological polar surface area (TPSA) is 30.9 Å². The second-order valence-electron chi connectivity index (χ2n) is 6.22. The molecule has 1 aromatic rings. The van der Waals surface area contributed by atoms with E-state index in [1.807, 2.05) is 6.07 Å². The molecule has 0 aromatic heterocycles. The van der Waals surface area contributed by atoms with Gasteiger partial charge in [-0.1, -0.05) is 12.1 Å². The summed E-state index contributed by atoms with van der Waals surface area (Å²) in [6, 6.07) is 8.33. The second-order valence-corrected chi connectivity index (χ2v) is 6.22. The molecular formula is C17H25NO3. The molecule has 4 heteroatoms. The van der Waals surface area contributed by atoms with Crippen LogP contribution in [0.4, 0.5) is 0 Å². The van der Waals surface area contributed by atoms with Crippen LogP contribution in [0, 0.1) is 0 Å². The van der Waals surface area contributed by atoms with Gasteiger partial charge in [0, 0.05) is 26.6 Å². The maximum atomic E-state index is 6.11. The van der Waals surface area contributed by atoms with E-state index in [2.05, 4.69) is 23.1 Å². The van der Waals surface area contributed by atoms with Crippen LogP contribution in [-0.4, -0.2) is 50.5 Å². The van der Waals surface area contributed by atoms with Gasteiger partial charge in [0.15, 0.2) is 0 Å². The number of piperidine rings is 1. The molecule has 0 aliphatic carbocycles. The molecule has 0 N–H and O–H groups in total. The van der Waals surface area contributed by atoms with Gasteiger partial charge in [0.1, 0.15) is 5.75 Å². The van der Waals surface area contributed by atoms with E-state index in [1.54, 1.807) is 14.2 Å². The van der Waals surface area contributed by atoms with E-state index in [0.717, 1.165) is 44.8 Å². The quantitative estimate of drug-likeness (QED) is 0.853. The van der Waals surface area contributed by atoms with Crippen LogP contribution in [-0.2, 0) is 16.0 Å². The zero-order chi connectivity index (χ0) is 14.7. The summed E-state index contributed by atoms with van der Waals surface area (Å²) in [5, 5.41) is 0. The van der Waals surface area contributed by atoms with E-state index in [1.165, 1.54) is 12.0 Å². The van der Waals surface area contributed by atoms with Crippen molar-refractivity contribution in [3.05, 3.63) is 29.8 Å². The van der Waals surface area contributed by atoms with Crippen LogP contribution in [0.3, 0.4) is 0 Å². The summed E-state index contributed by atoms with van der Waals surface area (Å²) in [5.41, 5.74) is 1.31. The highest BCUT2D eigenvalue weighted by molar-refractivity contribution is 5.28. The SMILES string of the molecule is COc1cccc(CN2CCC[C@]3(C[C@@H](OC)CO3)C2)c1. The number of benzene rings is 1. The number of rotatable bonds is 4. The van der Waals surface area contributed by atoms with Gasteiger partial charge in [0.2, 0.25) is 0 Å². The molecule has 2 atom stereocenters. The van der Waals surface area contributed by atoms with Gasteiger partial charge in [-0.3, -0.25) is 4.90 Å². The molecule has 0 bridgehead atoms. The van der Waals surface area contributed by atoms with Crippen LogP contribution in [0.5, 0.6) is 5.75 Å². The molecule has 116 valence electrons. The van der Waals surface area contributed by atoms with Crippen LogP contribution >= 0.6 is 0 Å². The molecule has 0 amide bonds. The van der Waals surface area contributed by atoms with Crippen LogP contribution < -0.4 is 4.74 Å². The fraction of sp³-hybridized carbons (Fsp3) is 0.647. The van der Waals surface area contributed by atoms with E-state index in [0.29, 0.717) is 0 Å². The van der Waals surface area contributed by atoms with E-state index >= 15 is 0 Å². The monoisotopic (exact) mass is 291 g/mol. The number of hydrogen-bond donors (Lipinski definition) is 0. The third kappa shape index (κ3) is 3.39. The summed E-state index contributed by atoms with van der Waals surface area (Å²) in [6.45, 7) is 3.84. The number of likely N-dealkylation sites (tertiary alicyclic amines) is 1. The lowest BCUT2D eigenvalue weighted by Gasteiger charge is -2.39. The lowest BCUT2D eigenvalue weighted by atomic mass is 9.89. The molecule has 21 heavy (non-hydrogen) atoms. The van der Waals surface area contributed by atoms with Crippen molar-refractivity contribution in [1.82, 2.24) is 4.90 Å². The third-order valence-corrected chi connectivity index (χ3v) is 4.67. The standard InChI is InChI=1S/C17H25NO3/c1-19-15-6-3-5-14(9-15)11-18-8-4-7-17(13-18)10-16(20-2)12-21-17/h3,5-6,9,16H,4,7-8,10-13H2,1-2H3/t16-,17+/m1/s1. The Morgan fingerprint density at radius 1 is 1.38 bits per heavy atom. The Kier molecular flexibility index (Phi) is 4.48. The van der Waals surface area contributed by atoms with Gasteiger partial charge < -0.3 is 14.2 Å². The van der Waals surface area contributed by atoms with Crippen LogP contribution in [0.25, 0.3) is 0 Å². The highest BCUT2D eigenvalue weighted by Gasteiger charge is 2.43. The minimum absolute atomic E-state index is 0.0117. The van der Waals surface area contributed by atoms with Crippen molar-refractivity contribution in [1.29, 1.82) is 0 Å². The van der Waals surface area contributed by atoms with Crippen LogP contribution in [0.15, 0.2) is 24.3 Å². The summed E-state index contributed by atoms with van der Waals surface area (Å²) < 4.78 is 16.9. The van der Waals surface area contributed by atoms with E-state index in [9.17, 15) is 0 Å². The van der Waals surface area contributed by atoms with Crippen molar-refractivity contribution < 1.29 is 14.2 Å². The molecule has 0 saturated carbocycles. The molecule has 2 heterocycles. The van der Waals surface area contributed by atoms with Gasteiger partial charge in [-0.15, -0.1) is 0 Å². The van der Waals surface area contributed by atoms with Crippen molar-refractivity contribution in [2.24, 2.45) is 0 Å². The van der Waals surface area contributed by atoms with Gasteiger partial charge in [0.25, 0.3) is 0 Å².